The number of aldehydes is 1. The van der Waals surface area contributed by atoms with Crippen LogP contribution in [0.15, 0.2) is 30.6 Å². The van der Waals surface area contributed by atoms with Crippen LogP contribution in [-0.2, 0) is 0 Å². The molecular formula is C10H6N4O. The molecule has 3 heterocycles. The summed E-state index contributed by atoms with van der Waals surface area (Å²) in [7, 11) is 0. The molecule has 0 N–H and O–H groups in total. The van der Waals surface area contributed by atoms with Crippen LogP contribution in [0.1, 0.15) is 10.6 Å². The molecule has 0 saturated carbocycles. The van der Waals surface area contributed by atoms with Crippen molar-refractivity contribution in [1.82, 2.24) is 19.6 Å². The lowest BCUT2D eigenvalue weighted by Crippen LogP contribution is -1.89. The second kappa shape index (κ2) is 2.84. The van der Waals surface area contributed by atoms with Gasteiger partial charge in [0.05, 0.1) is 5.52 Å². The van der Waals surface area contributed by atoms with E-state index in [0.29, 0.717) is 11.9 Å². The lowest BCUT2D eigenvalue weighted by Gasteiger charge is -1.96. The number of aromatic nitrogens is 4. The van der Waals surface area contributed by atoms with E-state index in [-0.39, 0.29) is 5.82 Å². The fourth-order valence-corrected chi connectivity index (χ4v) is 1.56. The number of hydrogen-bond donors (Lipinski definition) is 0. The summed E-state index contributed by atoms with van der Waals surface area (Å²) in [5, 5.41) is 4.88. The van der Waals surface area contributed by atoms with Crippen molar-refractivity contribution < 1.29 is 4.79 Å². The topological polar surface area (TPSA) is 60.2 Å². The smallest absolute Gasteiger partial charge is 0.215 e. The first-order chi connectivity index (χ1) is 7.38. The molecule has 3 rings (SSSR count). The molecule has 0 aliphatic carbocycles. The molecule has 3 aromatic rings. The lowest BCUT2D eigenvalue weighted by molar-refractivity contribution is 0.111. The van der Waals surface area contributed by atoms with Gasteiger partial charge in [-0.3, -0.25) is 9.78 Å². The molecule has 0 saturated heterocycles. The van der Waals surface area contributed by atoms with Crippen molar-refractivity contribution in [2.24, 2.45) is 0 Å². The van der Waals surface area contributed by atoms with Gasteiger partial charge in [-0.15, -0.1) is 5.10 Å². The molecule has 0 spiro atoms. The van der Waals surface area contributed by atoms with Crippen LogP contribution in [0, 0.1) is 0 Å². The van der Waals surface area contributed by atoms with Crippen LogP contribution in [-0.4, -0.2) is 25.9 Å². The molecule has 72 valence electrons. The first-order valence-electron chi connectivity index (χ1n) is 4.44. The first kappa shape index (κ1) is 8.05. The summed E-state index contributed by atoms with van der Waals surface area (Å²) in [6.07, 6.45) is 4.09. The second-order valence-electron chi connectivity index (χ2n) is 3.11. The summed E-state index contributed by atoms with van der Waals surface area (Å²) in [5.74, 6) is 0.186. The van der Waals surface area contributed by atoms with Gasteiger partial charge in [0.1, 0.15) is 0 Å². The third kappa shape index (κ3) is 1.10. The fourth-order valence-electron chi connectivity index (χ4n) is 1.56. The maximum atomic E-state index is 10.6. The standard InChI is InChI=1S/C10H6N4O/c15-6-9-12-10-7-2-1-4-11-8(7)3-5-14(10)13-9/h1-6H. The van der Waals surface area contributed by atoms with Gasteiger partial charge in [0.25, 0.3) is 0 Å². The van der Waals surface area contributed by atoms with Gasteiger partial charge in [0, 0.05) is 17.8 Å². The highest BCUT2D eigenvalue weighted by Crippen LogP contribution is 2.15. The van der Waals surface area contributed by atoms with Crippen LogP contribution in [0.25, 0.3) is 16.6 Å². The van der Waals surface area contributed by atoms with E-state index >= 15 is 0 Å². The highest BCUT2D eigenvalue weighted by molar-refractivity contribution is 5.91. The zero-order valence-electron chi connectivity index (χ0n) is 7.66. The van der Waals surface area contributed by atoms with Gasteiger partial charge >= 0.3 is 0 Å². The average Bonchev–Trinajstić information content (AvgIpc) is 2.72. The fraction of sp³-hybridized carbons (Fsp3) is 0. The van der Waals surface area contributed by atoms with Crippen LogP contribution in [0.2, 0.25) is 0 Å². The summed E-state index contributed by atoms with van der Waals surface area (Å²) >= 11 is 0. The van der Waals surface area contributed by atoms with Gasteiger partial charge < -0.3 is 0 Å². The highest BCUT2D eigenvalue weighted by Gasteiger charge is 2.05. The quantitative estimate of drug-likeness (QED) is 0.549. The minimum Gasteiger partial charge on any atom is -0.294 e. The van der Waals surface area contributed by atoms with Crippen LogP contribution < -0.4 is 0 Å². The zero-order valence-corrected chi connectivity index (χ0v) is 7.66. The summed E-state index contributed by atoms with van der Waals surface area (Å²) in [4.78, 5) is 18.9. The third-order valence-corrected chi connectivity index (χ3v) is 2.21. The van der Waals surface area contributed by atoms with E-state index in [0.717, 1.165) is 10.9 Å². The van der Waals surface area contributed by atoms with E-state index in [1.54, 1.807) is 16.9 Å². The Balaban J connectivity index is 2.52. The molecular weight excluding hydrogens is 192 g/mol. The molecule has 0 bridgehead atoms. The number of carbonyl (C=O) groups excluding carboxylic acids is 1. The summed E-state index contributed by atoms with van der Waals surface area (Å²) in [5.41, 5.74) is 1.50. The second-order valence-corrected chi connectivity index (χ2v) is 3.11. The van der Waals surface area contributed by atoms with Gasteiger partial charge in [0.15, 0.2) is 11.9 Å². The molecule has 0 amide bonds. The Morgan fingerprint density at radius 1 is 1.33 bits per heavy atom. The summed E-state index contributed by atoms with van der Waals surface area (Å²) in [6.45, 7) is 0. The maximum Gasteiger partial charge on any atom is 0.215 e. The highest BCUT2D eigenvalue weighted by atomic mass is 16.1. The van der Waals surface area contributed by atoms with Gasteiger partial charge in [0.2, 0.25) is 5.82 Å². The summed E-state index contributed by atoms with van der Waals surface area (Å²) < 4.78 is 1.58. The Morgan fingerprint density at radius 2 is 2.27 bits per heavy atom. The van der Waals surface area contributed by atoms with Crippen LogP contribution >= 0.6 is 0 Å². The number of pyridine rings is 2. The van der Waals surface area contributed by atoms with Gasteiger partial charge in [-0.05, 0) is 18.2 Å². The van der Waals surface area contributed by atoms with E-state index in [4.69, 9.17) is 0 Å². The molecule has 3 aromatic heterocycles. The SMILES string of the molecule is O=Cc1nc2c3cccnc3ccn2n1. The summed E-state index contributed by atoms with van der Waals surface area (Å²) in [6, 6.07) is 5.57. The van der Waals surface area contributed by atoms with Crippen molar-refractivity contribution in [2.45, 2.75) is 0 Å². The predicted octanol–water partition coefficient (Wildman–Crippen LogP) is 1.09. The first-order valence-corrected chi connectivity index (χ1v) is 4.44. The monoisotopic (exact) mass is 198 g/mol. The number of fused-ring (bicyclic) bond motifs is 3. The molecule has 5 heteroatoms. The minimum atomic E-state index is 0.186. The normalized spacial score (nSPS) is 10.9. The van der Waals surface area contributed by atoms with Crippen molar-refractivity contribution in [2.75, 3.05) is 0 Å². The number of carbonyl (C=O) groups is 1. The van der Waals surface area contributed by atoms with Gasteiger partial charge in [-0.2, -0.15) is 0 Å². The van der Waals surface area contributed by atoms with Gasteiger partial charge in [-0.1, -0.05) is 0 Å². The molecule has 0 atom stereocenters. The average molecular weight is 198 g/mol. The zero-order chi connectivity index (χ0) is 10.3. The Morgan fingerprint density at radius 3 is 3.13 bits per heavy atom. The Bertz CT molecular complexity index is 659. The third-order valence-electron chi connectivity index (χ3n) is 2.21. The number of hydrogen-bond acceptors (Lipinski definition) is 4. The van der Waals surface area contributed by atoms with Crippen molar-refractivity contribution in [1.29, 1.82) is 0 Å². The van der Waals surface area contributed by atoms with E-state index in [1.807, 2.05) is 18.2 Å². The van der Waals surface area contributed by atoms with Crippen molar-refractivity contribution >= 4 is 22.8 Å². The van der Waals surface area contributed by atoms with Crippen molar-refractivity contribution in [3.63, 3.8) is 0 Å². The molecule has 0 aromatic carbocycles. The van der Waals surface area contributed by atoms with Crippen molar-refractivity contribution in [3.05, 3.63) is 36.4 Å². The molecule has 15 heavy (non-hydrogen) atoms. The molecule has 0 aliphatic heterocycles. The van der Waals surface area contributed by atoms with Gasteiger partial charge in [-0.25, -0.2) is 9.50 Å². The molecule has 5 nitrogen and oxygen atoms in total. The van der Waals surface area contributed by atoms with E-state index in [9.17, 15) is 4.79 Å². The number of rotatable bonds is 1. The number of nitrogens with zero attached hydrogens (tertiary/aromatic N) is 4. The van der Waals surface area contributed by atoms with Crippen molar-refractivity contribution in [3.8, 4) is 0 Å². The van der Waals surface area contributed by atoms with Crippen LogP contribution in [0.4, 0.5) is 0 Å². The van der Waals surface area contributed by atoms with Crippen LogP contribution in [0.3, 0.4) is 0 Å². The van der Waals surface area contributed by atoms with E-state index < -0.39 is 0 Å². The predicted molar refractivity (Wildman–Crippen MR) is 53.7 cm³/mol. The Kier molecular flexibility index (Phi) is 1.53. The molecule has 0 radical (unpaired) electrons. The van der Waals surface area contributed by atoms with E-state index in [2.05, 4.69) is 15.1 Å². The Labute approximate surface area is 84.4 Å². The maximum absolute atomic E-state index is 10.6. The lowest BCUT2D eigenvalue weighted by atomic mass is 10.2. The molecule has 0 unspecified atom stereocenters. The molecule has 0 aliphatic rings. The Hall–Kier alpha value is -2.30. The molecule has 0 fully saturated rings. The minimum absolute atomic E-state index is 0.186. The van der Waals surface area contributed by atoms with E-state index in [1.165, 1.54) is 0 Å². The largest absolute Gasteiger partial charge is 0.294 e. The van der Waals surface area contributed by atoms with Crippen LogP contribution in [0.5, 0.6) is 0 Å².